The van der Waals surface area contributed by atoms with E-state index in [0.717, 1.165) is 37.8 Å². The van der Waals surface area contributed by atoms with Crippen LogP contribution in [-0.4, -0.2) is 31.2 Å². The van der Waals surface area contributed by atoms with Crippen LogP contribution in [0, 0.1) is 5.82 Å². The molecule has 3 aromatic rings. The first-order valence-electron chi connectivity index (χ1n) is 12.8. The SMILES string of the molecule is O=C(NC1CCCC1)NC(Cc1ccccc1)(c1ccc(OC(F)F)cc1)c1cc(F)cc(OC(F)(F)C(F)F)c1. The van der Waals surface area contributed by atoms with Gasteiger partial charge in [-0.25, -0.2) is 9.18 Å². The Morgan fingerprint density at radius 3 is 2.15 bits per heavy atom. The Morgan fingerprint density at radius 1 is 0.878 bits per heavy atom. The normalized spacial score (nSPS) is 15.5. The summed E-state index contributed by atoms with van der Waals surface area (Å²) in [5.74, 6) is -2.21. The molecule has 41 heavy (non-hydrogen) atoms. The third-order valence-electron chi connectivity index (χ3n) is 6.77. The maximum Gasteiger partial charge on any atom is 0.461 e. The number of alkyl halides is 6. The van der Waals surface area contributed by atoms with Gasteiger partial charge in [0, 0.05) is 18.5 Å². The lowest BCUT2D eigenvalue weighted by atomic mass is 9.77. The summed E-state index contributed by atoms with van der Waals surface area (Å²) in [6.07, 6.45) is -5.90. The van der Waals surface area contributed by atoms with E-state index in [1.54, 1.807) is 30.3 Å². The molecule has 3 aromatic carbocycles. The van der Waals surface area contributed by atoms with Crippen LogP contribution in [0.5, 0.6) is 11.5 Å². The zero-order chi connectivity index (χ0) is 29.6. The molecule has 1 saturated carbocycles. The Labute approximate surface area is 231 Å². The predicted octanol–water partition coefficient (Wildman–Crippen LogP) is 7.39. The van der Waals surface area contributed by atoms with Crippen molar-refractivity contribution in [3.8, 4) is 11.5 Å². The topological polar surface area (TPSA) is 59.6 Å². The molecule has 0 aromatic heterocycles. The third-order valence-corrected chi connectivity index (χ3v) is 6.77. The van der Waals surface area contributed by atoms with Crippen LogP contribution in [0.25, 0.3) is 0 Å². The van der Waals surface area contributed by atoms with E-state index in [9.17, 15) is 35.5 Å². The largest absolute Gasteiger partial charge is 0.461 e. The first-order valence-corrected chi connectivity index (χ1v) is 12.8. The molecule has 0 radical (unpaired) electrons. The molecule has 0 heterocycles. The molecule has 220 valence electrons. The number of halogens is 7. The minimum absolute atomic E-state index is 0.0743. The van der Waals surface area contributed by atoms with Gasteiger partial charge in [-0.05, 0) is 53.8 Å². The van der Waals surface area contributed by atoms with E-state index in [1.165, 1.54) is 24.3 Å². The van der Waals surface area contributed by atoms with Gasteiger partial charge in [0.2, 0.25) is 0 Å². The Bertz CT molecular complexity index is 1300. The molecule has 1 aliphatic carbocycles. The summed E-state index contributed by atoms with van der Waals surface area (Å²) >= 11 is 0. The molecule has 1 aliphatic rings. The second kappa shape index (κ2) is 12.7. The fourth-order valence-electron chi connectivity index (χ4n) is 4.94. The van der Waals surface area contributed by atoms with E-state index in [4.69, 9.17) is 0 Å². The number of ether oxygens (including phenoxy) is 2. The van der Waals surface area contributed by atoms with Crippen molar-refractivity contribution in [1.82, 2.24) is 10.6 Å². The fraction of sp³-hybridized carbons (Fsp3) is 0.345. The highest BCUT2D eigenvalue weighted by Gasteiger charge is 2.45. The van der Waals surface area contributed by atoms with Gasteiger partial charge in [0.15, 0.2) is 0 Å². The molecule has 12 heteroatoms. The average molecular weight is 585 g/mol. The second-order valence-corrected chi connectivity index (χ2v) is 9.69. The van der Waals surface area contributed by atoms with E-state index in [2.05, 4.69) is 20.1 Å². The summed E-state index contributed by atoms with van der Waals surface area (Å²) in [5, 5.41) is 5.70. The van der Waals surface area contributed by atoms with Crippen LogP contribution in [0.3, 0.4) is 0 Å². The molecule has 0 bridgehead atoms. The Kier molecular flexibility index (Phi) is 9.29. The summed E-state index contributed by atoms with van der Waals surface area (Å²) in [5.41, 5.74) is -0.980. The van der Waals surface area contributed by atoms with Crippen molar-refractivity contribution in [3.05, 3.63) is 95.3 Å². The number of nitrogens with one attached hydrogen (secondary N) is 2. The second-order valence-electron chi connectivity index (χ2n) is 9.69. The van der Waals surface area contributed by atoms with Gasteiger partial charge in [0.05, 0.1) is 5.54 Å². The van der Waals surface area contributed by atoms with Crippen molar-refractivity contribution < 1.29 is 45.0 Å². The number of hydrogen-bond acceptors (Lipinski definition) is 3. The van der Waals surface area contributed by atoms with Gasteiger partial charge in [-0.3, -0.25) is 0 Å². The van der Waals surface area contributed by atoms with Crippen LogP contribution in [0.4, 0.5) is 35.5 Å². The number of rotatable bonds is 11. The zero-order valence-corrected chi connectivity index (χ0v) is 21.6. The molecule has 0 spiro atoms. The van der Waals surface area contributed by atoms with Gasteiger partial charge < -0.3 is 20.1 Å². The smallest absolute Gasteiger partial charge is 0.435 e. The molecule has 4 rings (SSSR count). The lowest BCUT2D eigenvalue weighted by Gasteiger charge is -2.37. The highest BCUT2D eigenvalue weighted by molar-refractivity contribution is 5.76. The fourth-order valence-corrected chi connectivity index (χ4v) is 4.94. The van der Waals surface area contributed by atoms with Crippen LogP contribution in [-0.2, 0) is 12.0 Å². The maximum atomic E-state index is 14.9. The molecule has 1 atom stereocenters. The van der Waals surface area contributed by atoms with Gasteiger partial charge in [-0.2, -0.15) is 26.3 Å². The van der Waals surface area contributed by atoms with Crippen molar-refractivity contribution in [3.63, 3.8) is 0 Å². The van der Waals surface area contributed by atoms with Gasteiger partial charge in [0.1, 0.15) is 17.3 Å². The van der Waals surface area contributed by atoms with Crippen LogP contribution in [0.1, 0.15) is 42.4 Å². The summed E-state index contributed by atoms with van der Waals surface area (Å²) in [4.78, 5) is 13.4. The molecule has 1 fully saturated rings. The summed E-state index contributed by atoms with van der Waals surface area (Å²) < 4.78 is 102. The Morgan fingerprint density at radius 2 is 1.54 bits per heavy atom. The third kappa shape index (κ3) is 7.62. The van der Waals surface area contributed by atoms with Gasteiger partial charge in [-0.1, -0.05) is 55.3 Å². The molecular weight excluding hydrogens is 557 g/mol. The number of hydrogen-bond donors (Lipinski definition) is 2. The zero-order valence-electron chi connectivity index (χ0n) is 21.6. The molecule has 1 unspecified atom stereocenters. The van der Waals surface area contributed by atoms with Gasteiger partial charge >= 0.3 is 25.2 Å². The van der Waals surface area contributed by atoms with E-state index in [1.807, 2.05) is 0 Å². The molecule has 0 aliphatic heterocycles. The van der Waals surface area contributed by atoms with Crippen LogP contribution in [0.2, 0.25) is 0 Å². The van der Waals surface area contributed by atoms with E-state index in [-0.39, 0.29) is 29.3 Å². The molecule has 0 saturated heterocycles. The minimum Gasteiger partial charge on any atom is -0.435 e. The van der Waals surface area contributed by atoms with Crippen molar-refractivity contribution in [2.45, 2.75) is 62.8 Å². The molecule has 2 N–H and O–H groups in total. The summed E-state index contributed by atoms with van der Waals surface area (Å²) in [7, 11) is 0. The first kappa shape index (κ1) is 30.0. The van der Waals surface area contributed by atoms with Crippen LogP contribution in [0.15, 0.2) is 72.8 Å². The maximum absolute atomic E-state index is 14.9. The predicted molar refractivity (Wildman–Crippen MR) is 136 cm³/mol. The number of urea groups is 1. The highest BCUT2D eigenvalue weighted by atomic mass is 19.3. The Balaban J connectivity index is 1.86. The minimum atomic E-state index is -4.92. The van der Waals surface area contributed by atoms with Crippen molar-refractivity contribution in [1.29, 1.82) is 0 Å². The van der Waals surface area contributed by atoms with Crippen LogP contribution < -0.4 is 20.1 Å². The lowest BCUT2D eigenvalue weighted by molar-refractivity contribution is -0.253. The van der Waals surface area contributed by atoms with Crippen molar-refractivity contribution >= 4 is 6.03 Å². The Hall–Kier alpha value is -3.96. The van der Waals surface area contributed by atoms with Crippen LogP contribution >= 0.6 is 0 Å². The number of amides is 2. The summed E-state index contributed by atoms with van der Waals surface area (Å²) in [6.45, 7) is -3.11. The quantitative estimate of drug-likeness (QED) is 0.231. The summed E-state index contributed by atoms with van der Waals surface area (Å²) in [6, 6.07) is 15.3. The molecule has 5 nitrogen and oxygen atoms in total. The first-order chi connectivity index (χ1) is 19.5. The van der Waals surface area contributed by atoms with Gasteiger partial charge in [0.25, 0.3) is 0 Å². The number of benzene rings is 3. The highest BCUT2D eigenvalue weighted by Crippen LogP contribution is 2.38. The number of carbonyl (C=O) groups excluding carboxylic acids is 1. The van der Waals surface area contributed by atoms with Gasteiger partial charge in [-0.15, -0.1) is 0 Å². The van der Waals surface area contributed by atoms with E-state index in [0.29, 0.717) is 11.6 Å². The average Bonchev–Trinajstić information content (AvgIpc) is 3.41. The van der Waals surface area contributed by atoms with E-state index < -0.39 is 42.3 Å². The number of carbonyl (C=O) groups is 1. The van der Waals surface area contributed by atoms with Crippen molar-refractivity contribution in [2.75, 3.05) is 0 Å². The van der Waals surface area contributed by atoms with E-state index >= 15 is 0 Å². The standard InChI is InChI=1S/C29H27F7N2O3/c30-21-14-20(15-24(16-21)41-29(35,36)25(31)32)28(17-18-6-2-1-3-7-18,38-27(39)37-22-8-4-5-9-22)19-10-12-23(13-11-19)40-26(33)34/h1-3,6-7,10-16,22,25-26H,4-5,8-9,17H2,(H2,37,38,39). The molecular formula is C29H27F7N2O3. The monoisotopic (exact) mass is 584 g/mol. The molecule has 2 amide bonds. The van der Waals surface area contributed by atoms with Crippen molar-refractivity contribution in [2.24, 2.45) is 0 Å². The lowest BCUT2D eigenvalue weighted by Crippen LogP contribution is -2.53.